The molecule has 1 atom stereocenters. The molecule has 3 rings (SSSR count). The van der Waals surface area contributed by atoms with Crippen LogP contribution in [0.4, 0.5) is 0 Å². The molecule has 0 spiro atoms. The van der Waals surface area contributed by atoms with Crippen LogP contribution in [-0.4, -0.2) is 33.1 Å². The second-order valence-electron chi connectivity index (χ2n) is 7.00. The van der Waals surface area contributed by atoms with Gasteiger partial charge in [0, 0.05) is 31.2 Å². The van der Waals surface area contributed by atoms with Crippen LogP contribution in [0.3, 0.4) is 0 Å². The summed E-state index contributed by atoms with van der Waals surface area (Å²) < 4.78 is 7.68. The van der Waals surface area contributed by atoms with Gasteiger partial charge in [-0.1, -0.05) is 18.2 Å². The number of nitrogens with one attached hydrogen (secondary N) is 1. The Kier molecular flexibility index (Phi) is 6.97. The Morgan fingerprint density at radius 1 is 1.24 bits per heavy atom. The third-order valence-electron chi connectivity index (χ3n) is 4.73. The van der Waals surface area contributed by atoms with Gasteiger partial charge in [0.2, 0.25) is 0 Å². The lowest BCUT2D eigenvalue weighted by atomic mass is 10.1. The first kappa shape index (κ1) is 20.5. The molecule has 0 bridgehead atoms. The number of aryl methyl sites for hydroxylation is 1. The number of carbonyl (C=O) groups excluding carboxylic acids is 1. The highest BCUT2D eigenvalue weighted by Crippen LogP contribution is 2.17. The molecule has 3 aromatic rings. The van der Waals surface area contributed by atoms with Crippen molar-refractivity contribution in [3.05, 3.63) is 71.9 Å². The number of primary amides is 1. The molecule has 0 aliphatic heterocycles. The van der Waals surface area contributed by atoms with E-state index in [1.54, 1.807) is 24.4 Å². The Balaban J connectivity index is 1.40. The van der Waals surface area contributed by atoms with Crippen molar-refractivity contribution in [2.45, 2.75) is 39.3 Å². The standard InChI is InChI=1S/C22H27N5O2/c1-16(6-5-13-29-20-8-4-3-7-19(20)22(23)28)25-14-18-9-10-21(26-15-18)27-12-11-24-17(27)2/h3-4,7-12,15-16,25H,5-6,13-14H2,1-2H3,(H2,23,28)/t16-/m0/s1. The number of pyridine rings is 1. The van der Waals surface area contributed by atoms with E-state index in [1.165, 1.54) is 0 Å². The predicted octanol–water partition coefficient (Wildman–Crippen LogP) is 3.01. The van der Waals surface area contributed by atoms with Gasteiger partial charge in [0.05, 0.1) is 12.2 Å². The Morgan fingerprint density at radius 3 is 2.76 bits per heavy atom. The molecule has 2 heterocycles. The van der Waals surface area contributed by atoms with Crippen molar-refractivity contribution in [3.63, 3.8) is 0 Å². The fourth-order valence-electron chi connectivity index (χ4n) is 3.05. The molecule has 3 N–H and O–H groups in total. The van der Waals surface area contributed by atoms with Crippen LogP contribution in [0.5, 0.6) is 5.75 Å². The normalized spacial score (nSPS) is 11.9. The summed E-state index contributed by atoms with van der Waals surface area (Å²) in [7, 11) is 0. The van der Waals surface area contributed by atoms with Crippen LogP contribution < -0.4 is 15.8 Å². The molecule has 2 aromatic heterocycles. The van der Waals surface area contributed by atoms with E-state index in [2.05, 4.69) is 28.3 Å². The quantitative estimate of drug-likeness (QED) is 0.516. The third kappa shape index (κ3) is 5.65. The number of aromatic nitrogens is 3. The maximum absolute atomic E-state index is 11.4. The van der Waals surface area contributed by atoms with Gasteiger partial charge in [0.15, 0.2) is 0 Å². The topological polar surface area (TPSA) is 95.1 Å². The summed E-state index contributed by atoms with van der Waals surface area (Å²) in [4.78, 5) is 20.1. The number of imidazole rings is 1. The Morgan fingerprint density at radius 2 is 2.07 bits per heavy atom. The van der Waals surface area contributed by atoms with Crippen LogP contribution in [-0.2, 0) is 6.54 Å². The van der Waals surface area contributed by atoms with Crippen molar-refractivity contribution in [2.75, 3.05) is 6.61 Å². The third-order valence-corrected chi connectivity index (χ3v) is 4.73. The summed E-state index contributed by atoms with van der Waals surface area (Å²) in [5.74, 6) is 1.85. The molecular formula is C22H27N5O2. The summed E-state index contributed by atoms with van der Waals surface area (Å²) in [6.45, 7) is 5.39. The number of para-hydroxylation sites is 1. The second kappa shape index (κ2) is 9.84. The van der Waals surface area contributed by atoms with Gasteiger partial charge in [0.1, 0.15) is 17.4 Å². The summed E-state index contributed by atoms with van der Waals surface area (Å²) >= 11 is 0. The van der Waals surface area contributed by atoms with E-state index in [9.17, 15) is 4.79 Å². The molecule has 0 aliphatic rings. The molecule has 0 saturated heterocycles. The predicted molar refractivity (Wildman–Crippen MR) is 112 cm³/mol. The first-order chi connectivity index (χ1) is 14.0. The van der Waals surface area contributed by atoms with Crippen LogP contribution in [0, 0.1) is 6.92 Å². The SMILES string of the molecule is Cc1nccn1-c1ccc(CN[C@@H](C)CCCOc2ccccc2C(N)=O)cn1. The second-order valence-corrected chi connectivity index (χ2v) is 7.00. The molecule has 7 heteroatoms. The lowest BCUT2D eigenvalue weighted by molar-refractivity contribution is 0.0996. The average molecular weight is 393 g/mol. The van der Waals surface area contributed by atoms with E-state index in [4.69, 9.17) is 10.5 Å². The zero-order valence-corrected chi connectivity index (χ0v) is 16.8. The maximum Gasteiger partial charge on any atom is 0.252 e. The first-order valence-corrected chi connectivity index (χ1v) is 9.75. The molecule has 1 aromatic carbocycles. The van der Waals surface area contributed by atoms with E-state index in [-0.39, 0.29) is 0 Å². The highest BCUT2D eigenvalue weighted by atomic mass is 16.5. The molecule has 7 nitrogen and oxygen atoms in total. The molecular weight excluding hydrogens is 366 g/mol. The lowest BCUT2D eigenvalue weighted by Gasteiger charge is -2.15. The van der Waals surface area contributed by atoms with Crippen molar-refractivity contribution >= 4 is 5.91 Å². The fraction of sp³-hybridized carbons (Fsp3) is 0.318. The number of rotatable bonds is 10. The minimum absolute atomic E-state index is 0.334. The van der Waals surface area contributed by atoms with Crippen LogP contribution in [0.15, 0.2) is 55.0 Å². The number of hydrogen-bond donors (Lipinski definition) is 2. The Hall–Kier alpha value is -3.19. The van der Waals surface area contributed by atoms with Crippen molar-refractivity contribution in [3.8, 4) is 11.6 Å². The van der Waals surface area contributed by atoms with Gasteiger partial charge in [-0.15, -0.1) is 0 Å². The summed E-state index contributed by atoms with van der Waals surface area (Å²) in [6.07, 6.45) is 7.39. The smallest absolute Gasteiger partial charge is 0.252 e. The summed E-state index contributed by atoms with van der Waals surface area (Å²) in [5, 5.41) is 3.50. The van der Waals surface area contributed by atoms with E-state index in [0.717, 1.165) is 36.6 Å². The molecule has 152 valence electrons. The molecule has 0 saturated carbocycles. The zero-order valence-electron chi connectivity index (χ0n) is 16.8. The zero-order chi connectivity index (χ0) is 20.6. The molecule has 0 radical (unpaired) electrons. The largest absolute Gasteiger partial charge is 0.493 e. The van der Waals surface area contributed by atoms with Gasteiger partial charge in [-0.2, -0.15) is 0 Å². The number of nitrogens with zero attached hydrogens (tertiary/aromatic N) is 3. The van der Waals surface area contributed by atoms with Crippen LogP contribution in [0.1, 0.15) is 41.5 Å². The Labute approximate surface area is 170 Å². The van der Waals surface area contributed by atoms with Crippen LogP contribution in [0.2, 0.25) is 0 Å². The van der Waals surface area contributed by atoms with Gasteiger partial charge in [0.25, 0.3) is 5.91 Å². The lowest BCUT2D eigenvalue weighted by Crippen LogP contribution is -2.26. The average Bonchev–Trinajstić information content (AvgIpc) is 3.16. The van der Waals surface area contributed by atoms with Crippen LogP contribution in [0.25, 0.3) is 5.82 Å². The molecule has 1 amide bonds. The molecule has 0 unspecified atom stereocenters. The number of benzene rings is 1. The van der Waals surface area contributed by atoms with Crippen molar-refractivity contribution in [1.29, 1.82) is 0 Å². The molecule has 29 heavy (non-hydrogen) atoms. The van der Waals surface area contributed by atoms with E-state index in [0.29, 0.717) is 24.0 Å². The van der Waals surface area contributed by atoms with Crippen molar-refractivity contribution in [1.82, 2.24) is 19.9 Å². The van der Waals surface area contributed by atoms with Gasteiger partial charge in [-0.05, 0) is 50.5 Å². The Bertz CT molecular complexity index is 936. The van der Waals surface area contributed by atoms with Gasteiger partial charge in [-0.3, -0.25) is 9.36 Å². The molecule has 0 fully saturated rings. The van der Waals surface area contributed by atoms with E-state index in [1.807, 2.05) is 36.0 Å². The van der Waals surface area contributed by atoms with Gasteiger partial charge < -0.3 is 15.8 Å². The first-order valence-electron chi connectivity index (χ1n) is 9.75. The number of hydrogen-bond acceptors (Lipinski definition) is 5. The van der Waals surface area contributed by atoms with E-state index >= 15 is 0 Å². The summed E-state index contributed by atoms with van der Waals surface area (Å²) in [5.41, 5.74) is 6.91. The number of carbonyl (C=O) groups is 1. The van der Waals surface area contributed by atoms with Crippen molar-refractivity contribution in [2.24, 2.45) is 5.73 Å². The number of ether oxygens (including phenoxy) is 1. The molecule has 0 aliphatic carbocycles. The highest BCUT2D eigenvalue weighted by Gasteiger charge is 2.09. The minimum atomic E-state index is -0.474. The minimum Gasteiger partial charge on any atom is -0.493 e. The summed E-state index contributed by atoms with van der Waals surface area (Å²) in [6, 6.07) is 11.5. The maximum atomic E-state index is 11.4. The highest BCUT2D eigenvalue weighted by molar-refractivity contribution is 5.95. The van der Waals surface area contributed by atoms with Gasteiger partial charge in [-0.25, -0.2) is 9.97 Å². The van der Waals surface area contributed by atoms with Crippen LogP contribution >= 0.6 is 0 Å². The van der Waals surface area contributed by atoms with Crippen molar-refractivity contribution < 1.29 is 9.53 Å². The van der Waals surface area contributed by atoms with E-state index < -0.39 is 5.91 Å². The number of amides is 1. The monoisotopic (exact) mass is 393 g/mol. The van der Waals surface area contributed by atoms with Gasteiger partial charge >= 0.3 is 0 Å². The number of nitrogens with two attached hydrogens (primary N) is 1. The fourth-order valence-corrected chi connectivity index (χ4v) is 3.05.